The molecule has 5 heterocycles. The summed E-state index contributed by atoms with van der Waals surface area (Å²) in [6.07, 6.45) is 0.687. The number of nitrogens with two attached hydrogens (primary N) is 1. The van der Waals surface area contributed by atoms with Gasteiger partial charge in [0.15, 0.2) is 5.60 Å². The van der Waals surface area contributed by atoms with Crippen molar-refractivity contribution in [3.63, 3.8) is 0 Å². The standard InChI is InChI=1S/C38H42FN9O10/c1-3-38(57)22-7-25-35-20(14-48(25)36(55)21(22)16-58-37(38)56)33-32-19(17(2)23(39)8-24(32)45-35)6-18-4-5-47(15-30(53)46-34(18)33)31(54)13-44-29(52)12-43-28(51)11-42-27(50)10-41-26(49)9-40/h7-8,18,34,57H,3-6,9-16,40H2,1-2H3,(H,41,49)(H,42,50)(H,43,51)(H,44,52)(H,46,53)/t18-,34-,38-/m0/s1. The van der Waals surface area contributed by atoms with Crippen molar-refractivity contribution < 1.29 is 47.8 Å². The average molecular weight is 804 g/mol. The average Bonchev–Trinajstić information content (AvgIpc) is 3.57. The van der Waals surface area contributed by atoms with E-state index in [-0.39, 0.29) is 62.8 Å². The highest BCUT2D eigenvalue weighted by Crippen LogP contribution is 2.48. The van der Waals surface area contributed by atoms with Crippen LogP contribution < -0.4 is 37.9 Å². The zero-order chi connectivity index (χ0) is 41.6. The van der Waals surface area contributed by atoms with E-state index in [1.54, 1.807) is 19.9 Å². The number of halogens is 1. The number of amides is 6. The van der Waals surface area contributed by atoms with E-state index < -0.39 is 84.1 Å². The van der Waals surface area contributed by atoms with Gasteiger partial charge in [0.05, 0.1) is 74.3 Å². The Morgan fingerprint density at radius 1 is 0.966 bits per heavy atom. The first kappa shape index (κ1) is 39.9. The first-order valence-corrected chi connectivity index (χ1v) is 18.8. The van der Waals surface area contributed by atoms with Crippen molar-refractivity contribution in [1.82, 2.24) is 41.0 Å². The topological polar surface area (TPSA) is 273 Å². The minimum Gasteiger partial charge on any atom is -0.458 e. The van der Waals surface area contributed by atoms with Crippen LogP contribution in [-0.2, 0) is 63.5 Å². The normalized spacial score (nSPS) is 20.3. The second-order valence-electron chi connectivity index (χ2n) is 14.7. The van der Waals surface area contributed by atoms with Gasteiger partial charge in [0, 0.05) is 29.1 Å². The number of carbonyl (C=O) groups excluding carboxylic acids is 7. The first-order valence-electron chi connectivity index (χ1n) is 18.8. The number of carbonyl (C=O) groups is 7. The molecule has 2 aromatic heterocycles. The maximum absolute atomic E-state index is 15.6. The van der Waals surface area contributed by atoms with Crippen LogP contribution in [0.5, 0.6) is 0 Å². The maximum Gasteiger partial charge on any atom is 0.343 e. The summed E-state index contributed by atoms with van der Waals surface area (Å²) >= 11 is 0. The van der Waals surface area contributed by atoms with Gasteiger partial charge < -0.3 is 51.6 Å². The molecule has 306 valence electrons. The molecule has 7 rings (SSSR count). The molecule has 3 aliphatic heterocycles. The highest BCUT2D eigenvalue weighted by atomic mass is 19.1. The van der Waals surface area contributed by atoms with Crippen molar-refractivity contribution >= 4 is 52.3 Å². The molecule has 1 aliphatic carbocycles. The molecule has 3 aromatic rings. The maximum atomic E-state index is 15.6. The van der Waals surface area contributed by atoms with Gasteiger partial charge >= 0.3 is 5.97 Å². The number of esters is 1. The van der Waals surface area contributed by atoms with Crippen LogP contribution in [-0.4, -0.2) is 107 Å². The molecule has 1 saturated heterocycles. The summed E-state index contributed by atoms with van der Waals surface area (Å²) in [5, 5.41) is 24.3. The van der Waals surface area contributed by atoms with Crippen molar-refractivity contribution in [2.45, 2.75) is 57.9 Å². The summed E-state index contributed by atoms with van der Waals surface area (Å²) in [5.41, 5.74) is 6.41. The van der Waals surface area contributed by atoms with E-state index in [0.717, 1.165) is 0 Å². The predicted molar refractivity (Wildman–Crippen MR) is 200 cm³/mol. The second kappa shape index (κ2) is 15.6. The molecule has 0 saturated carbocycles. The highest BCUT2D eigenvalue weighted by Gasteiger charge is 2.46. The number of benzene rings is 1. The molecule has 0 unspecified atom stereocenters. The van der Waals surface area contributed by atoms with E-state index in [0.29, 0.717) is 57.4 Å². The molecule has 1 aromatic carbocycles. The number of hydrogen-bond donors (Lipinski definition) is 7. The second-order valence-corrected chi connectivity index (χ2v) is 14.7. The van der Waals surface area contributed by atoms with Crippen molar-refractivity contribution in [2.75, 3.05) is 45.8 Å². The number of rotatable bonds is 10. The van der Waals surface area contributed by atoms with Gasteiger partial charge in [0.2, 0.25) is 35.4 Å². The Bertz CT molecular complexity index is 2380. The van der Waals surface area contributed by atoms with Gasteiger partial charge in [-0.2, -0.15) is 0 Å². The third kappa shape index (κ3) is 7.12. The van der Waals surface area contributed by atoms with Crippen molar-refractivity contribution in [2.24, 2.45) is 11.7 Å². The third-order valence-corrected chi connectivity index (χ3v) is 11.3. The summed E-state index contributed by atoms with van der Waals surface area (Å²) in [5.74, 6) is -5.30. The number of aliphatic hydroxyl groups is 1. The Balaban J connectivity index is 1.07. The summed E-state index contributed by atoms with van der Waals surface area (Å²) in [6, 6.07) is 2.30. The van der Waals surface area contributed by atoms with Crippen molar-refractivity contribution in [3.05, 3.63) is 61.7 Å². The van der Waals surface area contributed by atoms with Gasteiger partial charge in [-0.15, -0.1) is 0 Å². The summed E-state index contributed by atoms with van der Waals surface area (Å²) in [7, 11) is 0. The smallest absolute Gasteiger partial charge is 0.343 e. The Morgan fingerprint density at radius 3 is 2.28 bits per heavy atom. The molecule has 8 N–H and O–H groups in total. The number of pyridine rings is 2. The van der Waals surface area contributed by atoms with E-state index in [2.05, 4.69) is 26.6 Å². The quantitative estimate of drug-likeness (QED) is 0.0822. The van der Waals surface area contributed by atoms with Crippen LogP contribution >= 0.6 is 0 Å². The molecular weight excluding hydrogens is 761 g/mol. The SMILES string of the molecule is CC[C@@]1(O)C(=O)OCc2c1cc1n(c2=O)Cc2c-1nc1cc(F)c(C)c3c1c2[C@H]1NC(=O)CN(C(=O)CNC(=O)CNC(=O)CNC(=O)CNC(=O)CN)CC[C@H]1C3. The number of nitrogens with zero attached hydrogens (tertiary/aromatic N) is 3. The molecule has 1 fully saturated rings. The summed E-state index contributed by atoms with van der Waals surface area (Å²) < 4.78 is 22.3. The minimum atomic E-state index is -2.04. The lowest BCUT2D eigenvalue weighted by atomic mass is 9.74. The van der Waals surface area contributed by atoms with E-state index in [9.17, 15) is 43.5 Å². The lowest BCUT2D eigenvalue weighted by molar-refractivity contribution is -0.172. The number of cyclic esters (lactones) is 1. The fourth-order valence-corrected chi connectivity index (χ4v) is 8.19. The lowest BCUT2D eigenvalue weighted by Crippen LogP contribution is -2.51. The van der Waals surface area contributed by atoms with Crippen LogP contribution in [0, 0.1) is 18.7 Å². The number of ether oxygens (including phenoxy) is 1. The first-order chi connectivity index (χ1) is 27.6. The number of fused-ring (bicyclic) bond motifs is 7. The van der Waals surface area contributed by atoms with Gasteiger partial charge in [-0.25, -0.2) is 14.2 Å². The van der Waals surface area contributed by atoms with Gasteiger partial charge in [-0.05, 0) is 54.9 Å². The summed E-state index contributed by atoms with van der Waals surface area (Å²) in [6.45, 7) is 0.710. The Labute approximate surface area is 329 Å². The Kier molecular flexibility index (Phi) is 10.7. The fraction of sp³-hybridized carbons (Fsp3) is 0.447. The monoisotopic (exact) mass is 803 g/mol. The minimum absolute atomic E-state index is 0.0397. The molecular formula is C38H42FN9O10. The lowest BCUT2D eigenvalue weighted by Gasteiger charge is -2.39. The van der Waals surface area contributed by atoms with Crippen LogP contribution in [0.15, 0.2) is 16.9 Å². The van der Waals surface area contributed by atoms with Gasteiger partial charge in [0.25, 0.3) is 5.56 Å². The van der Waals surface area contributed by atoms with Crippen molar-refractivity contribution in [1.29, 1.82) is 0 Å². The van der Waals surface area contributed by atoms with Gasteiger partial charge in [0.1, 0.15) is 12.4 Å². The van der Waals surface area contributed by atoms with E-state index in [1.807, 2.05) is 0 Å². The van der Waals surface area contributed by atoms with Gasteiger partial charge in [-0.3, -0.25) is 33.6 Å². The third-order valence-electron chi connectivity index (χ3n) is 11.3. The van der Waals surface area contributed by atoms with E-state index >= 15 is 4.39 Å². The van der Waals surface area contributed by atoms with Crippen LogP contribution in [0.25, 0.3) is 22.3 Å². The predicted octanol–water partition coefficient (Wildman–Crippen LogP) is -2.49. The molecule has 0 spiro atoms. The van der Waals surface area contributed by atoms with Crippen molar-refractivity contribution in [3.8, 4) is 11.4 Å². The number of hydrogen-bond acceptors (Lipinski definition) is 12. The fourth-order valence-electron chi connectivity index (χ4n) is 8.19. The summed E-state index contributed by atoms with van der Waals surface area (Å²) in [4.78, 5) is 107. The number of nitrogens with one attached hydrogen (secondary N) is 5. The van der Waals surface area contributed by atoms with Gasteiger partial charge in [-0.1, -0.05) is 6.92 Å². The molecule has 4 aliphatic rings. The van der Waals surface area contributed by atoms with Crippen LogP contribution in [0.4, 0.5) is 4.39 Å². The van der Waals surface area contributed by atoms with Crippen LogP contribution in [0.2, 0.25) is 0 Å². The number of aromatic nitrogens is 2. The highest BCUT2D eigenvalue weighted by molar-refractivity contribution is 5.95. The Hall–Kier alpha value is -6.28. The van der Waals surface area contributed by atoms with Crippen LogP contribution in [0.3, 0.4) is 0 Å². The molecule has 3 atom stereocenters. The molecule has 58 heavy (non-hydrogen) atoms. The molecule has 0 radical (unpaired) electrons. The van der Waals surface area contributed by atoms with E-state index in [1.165, 1.54) is 15.5 Å². The zero-order valence-corrected chi connectivity index (χ0v) is 31.7. The zero-order valence-electron chi connectivity index (χ0n) is 31.7. The largest absolute Gasteiger partial charge is 0.458 e. The molecule has 19 nitrogen and oxygen atoms in total. The van der Waals surface area contributed by atoms with E-state index in [4.69, 9.17) is 15.5 Å². The molecule has 6 amide bonds. The molecule has 20 heteroatoms. The molecule has 0 bridgehead atoms. The van der Waals surface area contributed by atoms with Crippen LogP contribution in [0.1, 0.15) is 59.2 Å². The Morgan fingerprint density at radius 2 is 1.62 bits per heavy atom.